The first-order chi connectivity index (χ1) is 17.5. The van der Waals surface area contributed by atoms with E-state index in [0.717, 1.165) is 51.0 Å². The second kappa shape index (κ2) is 9.05. The molecule has 0 atom stereocenters. The zero-order chi connectivity index (χ0) is 24.6. The standard InChI is InChI=1S/C28H24FN5O2/c1-33-10-11-34(16-28(33)35)15-18-2-5-21(23(29)12-18)19-3-6-24-22(13-19)25(8-9-30-24)32-20-4-7-27-26(14-20)31-17-36-27/h2-9,12-14,17H,10-11,15-16H2,1H3,(H,30,32). The highest BCUT2D eigenvalue weighted by atomic mass is 19.1. The van der Waals surface area contributed by atoms with Crippen LogP contribution in [0.2, 0.25) is 0 Å². The molecule has 0 radical (unpaired) electrons. The Morgan fingerprint density at radius 3 is 2.78 bits per heavy atom. The molecule has 8 heteroatoms. The summed E-state index contributed by atoms with van der Waals surface area (Å²) in [6, 6.07) is 18.7. The molecule has 0 aliphatic carbocycles. The summed E-state index contributed by atoms with van der Waals surface area (Å²) in [6.07, 6.45) is 3.17. The lowest BCUT2D eigenvalue weighted by Gasteiger charge is -2.31. The molecular formula is C28H24FN5O2. The van der Waals surface area contributed by atoms with Crippen LogP contribution in [0.15, 0.2) is 77.7 Å². The third kappa shape index (κ3) is 4.27. The Balaban J connectivity index is 1.28. The van der Waals surface area contributed by atoms with Gasteiger partial charge in [0, 0.05) is 55.2 Å². The van der Waals surface area contributed by atoms with E-state index in [4.69, 9.17) is 4.42 Å². The maximum absolute atomic E-state index is 15.3. The summed E-state index contributed by atoms with van der Waals surface area (Å²) in [6.45, 7) is 2.37. The number of oxazole rings is 1. The van der Waals surface area contributed by atoms with E-state index in [2.05, 4.69) is 15.3 Å². The minimum absolute atomic E-state index is 0.0912. The molecule has 0 bridgehead atoms. The van der Waals surface area contributed by atoms with Crippen molar-refractivity contribution in [2.24, 2.45) is 0 Å². The lowest BCUT2D eigenvalue weighted by Crippen LogP contribution is -2.47. The normalized spacial score (nSPS) is 14.6. The van der Waals surface area contributed by atoms with Crippen LogP contribution < -0.4 is 5.32 Å². The third-order valence-electron chi connectivity index (χ3n) is 6.64. The summed E-state index contributed by atoms with van der Waals surface area (Å²) in [5.74, 6) is -0.198. The fraction of sp³-hybridized carbons (Fsp3) is 0.179. The second-order valence-electron chi connectivity index (χ2n) is 9.09. The van der Waals surface area contributed by atoms with Crippen molar-refractivity contribution in [1.82, 2.24) is 19.8 Å². The summed E-state index contributed by atoms with van der Waals surface area (Å²) in [7, 11) is 1.81. The highest BCUT2D eigenvalue weighted by molar-refractivity contribution is 5.96. The molecule has 6 rings (SSSR count). The zero-order valence-corrected chi connectivity index (χ0v) is 19.7. The van der Waals surface area contributed by atoms with Gasteiger partial charge in [-0.2, -0.15) is 0 Å². The number of amides is 1. The Bertz CT molecular complexity index is 1600. The van der Waals surface area contributed by atoms with E-state index >= 15 is 4.39 Å². The number of fused-ring (bicyclic) bond motifs is 2. The molecular weight excluding hydrogens is 457 g/mol. The summed E-state index contributed by atoms with van der Waals surface area (Å²) in [4.78, 5) is 24.5. The van der Waals surface area contributed by atoms with Gasteiger partial charge in [0.05, 0.1) is 12.1 Å². The molecule has 1 aliphatic rings. The van der Waals surface area contributed by atoms with Gasteiger partial charge in [0.1, 0.15) is 11.3 Å². The van der Waals surface area contributed by atoms with E-state index in [1.165, 1.54) is 6.39 Å². The van der Waals surface area contributed by atoms with Gasteiger partial charge < -0.3 is 14.6 Å². The zero-order valence-electron chi connectivity index (χ0n) is 19.7. The smallest absolute Gasteiger partial charge is 0.236 e. The van der Waals surface area contributed by atoms with Gasteiger partial charge >= 0.3 is 0 Å². The molecule has 36 heavy (non-hydrogen) atoms. The molecule has 3 aromatic carbocycles. The number of nitrogens with one attached hydrogen (secondary N) is 1. The summed E-state index contributed by atoms with van der Waals surface area (Å²) >= 11 is 0. The first kappa shape index (κ1) is 22.2. The highest BCUT2D eigenvalue weighted by Gasteiger charge is 2.21. The van der Waals surface area contributed by atoms with Crippen LogP contribution in [0.5, 0.6) is 0 Å². The molecule has 1 aliphatic heterocycles. The molecule has 1 fully saturated rings. The van der Waals surface area contributed by atoms with Crippen LogP contribution in [-0.4, -0.2) is 52.4 Å². The van der Waals surface area contributed by atoms with Gasteiger partial charge in [0.2, 0.25) is 5.91 Å². The van der Waals surface area contributed by atoms with Crippen molar-refractivity contribution in [3.8, 4) is 11.1 Å². The average Bonchev–Trinajstić information content (AvgIpc) is 3.34. The maximum atomic E-state index is 15.3. The maximum Gasteiger partial charge on any atom is 0.236 e. The fourth-order valence-electron chi connectivity index (χ4n) is 4.61. The number of carbonyl (C=O) groups is 1. The number of benzene rings is 3. The molecule has 1 saturated heterocycles. The van der Waals surface area contributed by atoms with Gasteiger partial charge in [-0.15, -0.1) is 0 Å². The topological polar surface area (TPSA) is 74.5 Å². The summed E-state index contributed by atoms with van der Waals surface area (Å²) in [5.41, 5.74) is 6.17. The molecule has 0 saturated carbocycles. The molecule has 0 unspecified atom stereocenters. The third-order valence-corrected chi connectivity index (χ3v) is 6.64. The number of carbonyl (C=O) groups excluding carboxylic acids is 1. The van der Waals surface area contributed by atoms with E-state index in [0.29, 0.717) is 25.2 Å². The molecule has 3 heterocycles. The van der Waals surface area contributed by atoms with Crippen LogP contribution in [0.4, 0.5) is 15.8 Å². The Hall–Kier alpha value is -4.30. The van der Waals surface area contributed by atoms with Crippen molar-refractivity contribution in [2.45, 2.75) is 6.54 Å². The summed E-state index contributed by atoms with van der Waals surface area (Å²) in [5, 5.41) is 4.32. The molecule has 2 aromatic heterocycles. The van der Waals surface area contributed by atoms with Crippen molar-refractivity contribution < 1.29 is 13.6 Å². The number of anilines is 2. The minimum atomic E-state index is -0.290. The first-order valence-electron chi connectivity index (χ1n) is 11.8. The van der Waals surface area contributed by atoms with Crippen molar-refractivity contribution in [3.63, 3.8) is 0 Å². The summed E-state index contributed by atoms with van der Waals surface area (Å²) < 4.78 is 20.6. The SMILES string of the molecule is CN1CCN(Cc2ccc(-c3ccc4nccc(Nc5ccc6ocnc6c5)c4c3)c(F)c2)CC1=O. The van der Waals surface area contributed by atoms with Crippen LogP contribution in [0.25, 0.3) is 33.1 Å². The fourth-order valence-corrected chi connectivity index (χ4v) is 4.61. The van der Waals surface area contributed by atoms with E-state index in [1.807, 2.05) is 66.5 Å². The van der Waals surface area contributed by atoms with E-state index < -0.39 is 0 Å². The monoisotopic (exact) mass is 481 g/mol. The molecule has 1 N–H and O–H groups in total. The molecule has 1 amide bonds. The number of pyridine rings is 1. The number of likely N-dealkylation sites (N-methyl/N-ethyl adjacent to an activating group) is 1. The number of rotatable bonds is 5. The Morgan fingerprint density at radius 1 is 1.00 bits per heavy atom. The van der Waals surface area contributed by atoms with Crippen molar-refractivity contribution in [1.29, 1.82) is 0 Å². The Kier molecular flexibility index (Phi) is 5.58. The van der Waals surface area contributed by atoms with Gasteiger partial charge in [-0.05, 0) is 53.6 Å². The molecule has 7 nitrogen and oxygen atoms in total. The van der Waals surface area contributed by atoms with E-state index in [1.54, 1.807) is 17.2 Å². The van der Waals surface area contributed by atoms with Crippen LogP contribution in [0.3, 0.4) is 0 Å². The predicted molar refractivity (Wildman–Crippen MR) is 137 cm³/mol. The first-order valence-corrected chi connectivity index (χ1v) is 11.8. The number of piperazine rings is 1. The van der Waals surface area contributed by atoms with Crippen molar-refractivity contribution in [2.75, 3.05) is 32.0 Å². The van der Waals surface area contributed by atoms with Crippen molar-refractivity contribution in [3.05, 3.63) is 84.6 Å². The van der Waals surface area contributed by atoms with Crippen molar-refractivity contribution >= 4 is 39.3 Å². The van der Waals surface area contributed by atoms with Gasteiger partial charge in [-0.25, -0.2) is 9.37 Å². The Morgan fingerprint density at radius 2 is 1.92 bits per heavy atom. The van der Waals surface area contributed by atoms with Gasteiger partial charge in [-0.3, -0.25) is 14.7 Å². The molecule has 0 spiro atoms. The Labute approximate surface area is 207 Å². The van der Waals surface area contributed by atoms with E-state index in [9.17, 15) is 4.79 Å². The van der Waals surface area contributed by atoms with E-state index in [-0.39, 0.29) is 11.7 Å². The minimum Gasteiger partial charge on any atom is -0.443 e. The van der Waals surface area contributed by atoms with Crippen LogP contribution in [0.1, 0.15) is 5.56 Å². The van der Waals surface area contributed by atoms with Crippen LogP contribution >= 0.6 is 0 Å². The highest BCUT2D eigenvalue weighted by Crippen LogP contribution is 2.32. The molecule has 180 valence electrons. The molecule has 5 aromatic rings. The van der Waals surface area contributed by atoms with Gasteiger partial charge in [-0.1, -0.05) is 18.2 Å². The van der Waals surface area contributed by atoms with Gasteiger partial charge in [0.15, 0.2) is 12.0 Å². The lowest BCUT2D eigenvalue weighted by molar-refractivity contribution is -0.134. The number of hydrogen-bond donors (Lipinski definition) is 1. The number of hydrogen-bond acceptors (Lipinski definition) is 6. The predicted octanol–water partition coefficient (Wildman–Crippen LogP) is 5.20. The van der Waals surface area contributed by atoms with Gasteiger partial charge in [0.25, 0.3) is 0 Å². The number of aromatic nitrogens is 2. The lowest BCUT2D eigenvalue weighted by atomic mass is 10.00. The second-order valence-corrected chi connectivity index (χ2v) is 9.09. The largest absolute Gasteiger partial charge is 0.443 e. The quantitative estimate of drug-likeness (QED) is 0.372. The number of halogens is 1. The average molecular weight is 482 g/mol. The van der Waals surface area contributed by atoms with Crippen LogP contribution in [-0.2, 0) is 11.3 Å². The van der Waals surface area contributed by atoms with Crippen LogP contribution in [0, 0.1) is 5.82 Å². The number of nitrogens with zero attached hydrogens (tertiary/aromatic N) is 4.